The molecule has 1 unspecified atom stereocenters. The number of nitrogens with zero attached hydrogens (tertiary/aromatic N) is 2. The minimum absolute atomic E-state index is 0.291. The lowest BCUT2D eigenvalue weighted by Gasteiger charge is -2.39. The van der Waals surface area contributed by atoms with Gasteiger partial charge in [-0.05, 0) is 31.5 Å². The molecule has 1 aromatic carbocycles. The Hall–Kier alpha value is -1.29. The zero-order valence-corrected chi connectivity index (χ0v) is 9.90. The Balaban J connectivity index is 1.82. The highest BCUT2D eigenvalue weighted by Crippen LogP contribution is 2.30. The second-order valence-corrected chi connectivity index (χ2v) is 4.95. The van der Waals surface area contributed by atoms with E-state index in [1.165, 1.54) is 25.5 Å². The largest absolute Gasteiger partial charge is 0.395 e. The lowest BCUT2D eigenvalue weighted by atomic mass is 10.1. The van der Waals surface area contributed by atoms with Gasteiger partial charge in [0.25, 0.3) is 0 Å². The molecule has 1 atom stereocenters. The van der Waals surface area contributed by atoms with Gasteiger partial charge in [0.05, 0.1) is 11.4 Å². The van der Waals surface area contributed by atoms with Crippen molar-refractivity contribution in [2.75, 3.05) is 36.8 Å². The molecule has 2 N–H and O–H groups in total. The number of para-hydroxylation sites is 1. The number of anilines is 2. The molecule has 2 aliphatic heterocycles. The van der Waals surface area contributed by atoms with Crippen molar-refractivity contribution in [3.63, 3.8) is 0 Å². The number of nitrogen functional groups attached to an aromatic ring is 1. The Morgan fingerprint density at radius 3 is 3.00 bits per heavy atom. The van der Waals surface area contributed by atoms with Crippen LogP contribution >= 0.6 is 0 Å². The zero-order chi connectivity index (χ0) is 11.8. The Morgan fingerprint density at radius 1 is 1.24 bits per heavy atom. The molecule has 3 nitrogen and oxygen atoms in total. The SMILES string of the molecule is Nc1c(F)cccc1N1CCN2CCCC2C1. The highest BCUT2D eigenvalue weighted by molar-refractivity contribution is 5.68. The van der Waals surface area contributed by atoms with Gasteiger partial charge in [-0.3, -0.25) is 4.90 Å². The molecule has 0 spiro atoms. The van der Waals surface area contributed by atoms with Crippen LogP contribution in [-0.2, 0) is 0 Å². The van der Waals surface area contributed by atoms with Crippen LogP contribution in [0.3, 0.4) is 0 Å². The normalized spacial score (nSPS) is 25.0. The van der Waals surface area contributed by atoms with Crippen molar-refractivity contribution >= 4 is 11.4 Å². The summed E-state index contributed by atoms with van der Waals surface area (Å²) in [7, 11) is 0. The third-order valence-electron chi connectivity index (χ3n) is 3.96. The summed E-state index contributed by atoms with van der Waals surface area (Å²) in [4.78, 5) is 4.76. The Morgan fingerprint density at radius 2 is 2.12 bits per heavy atom. The van der Waals surface area contributed by atoms with E-state index >= 15 is 0 Å². The van der Waals surface area contributed by atoms with Crippen LogP contribution < -0.4 is 10.6 Å². The van der Waals surface area contributed by atoms with Crippen LogP contribution in [0.4, 0.5) is 15.8 Å². The maximum absolute atomic E-state index is 13.4. The van der Waals surface area contributed by atoms with Crippen molar-refractivity contribution in [3.05, 3.63) is 24.0 Å². The fourth-order valence-corrected chi connectivity index (χ4v) is 3.01. The van der Waals surface area contributed by atoms with Gasteiger partial charge in [-0.25, -0.2) is 4.39 Å². The fraction of sp³-hybridized carbons (Fsp3) is 0.538. The summed E-state index contributed by atoms with van der Waals surface area (Å²) in [6.07, 6.45) is 2.54. The summed E-state index contributed by atoms with van der Waals surface area (Å²) < 4.78 is 13.4. The summed E-state index contributed by atoms with van der Waals surface area (Å²) in [6, 6.07) is 5.71. The predicted molar refractivity (Wildman–Crippen MR) is 67.6 cm³/mol. The first-order valence-corrected chi connectivity index (χ1v) is 6.28. The molecule has 17 heavy (non-hydrogen) atoms. The topological polar surface area (TPSA) is 32.5 Å². The van der Waals surface area contributed by atoms with Crippen molar-refractivity contribution in [2.45, 2.75) is 18.9 Å². The molecule has 0 aromatic heterocycles. The van der Waals surface area contributed by atoms with Gasteiger partial charge < -0.3 is 10.6 Å². The molecule has 0 bridgehead atoms. The van der Waals surface area contributed by atoms with Gasteiger partial charge in [-0.2, -0.15) is 0 Å². The number of hydrogen-bond acceptors (Lipinski definition) is 3. The van der Waals surface area contributed by atoms with Gasteiger partial charge in [0, 0.05) is 25.7 Å². The first-order valence-electron chi connectivity index (χ1n) is 6.28. The number of hydrogen-bond donors (Lipinski definition) is 1. The number of piperazine rings is 1. The summed E-state index contributed by atoms with van der Waals surface area (Å²) in [6.45, 7) is 4.22. The molecule has 2 fully saturated rings. The molecule has 2 saturated heterocycles. The van der Waals surface area contributed by atoms with E-state index in [1.54, 1.807) is 6.07 Å². The summed E-state index contributed by atoms with van der Waals surface area (Å²) in [5.41, 5.74) is 6.97. The molecule has 0 radical (unpaired) electrons. The summed E-state index contributed by atoms with van der Waals surface area (Å²) >= 11 is 0. The predicted octanol–water partition coefficient (Wildman–Crippen LogP) is 1.69. The van der Waals surface area contributed by atoms with Gasteiger partial charge in [0.15, 0.2) is 0 Å². The highest BCUT2D eigenvalue weighted by Gasteiger charge is 2.31. The third kappa shape index (κ3) is 1.86. The van der Waals surface area contributed by atoms with Gasteiger partial charge in [-0.15, -0.1) is 0 Å². The second-order valence-electron chi connectivity index (χ2n) is 4.95. The average molecular weight is 235 g/mol. The fourth-order valence-electron chi connectivity index (χ4n) is 3.01. The Bertz CT molecular complexity index is 421. The quantitative estimate of drug-likeness (QED) is 0.752. The highest BCUT2D eigenvalue weighted by atomic mass is 19.1. The van der Waals surface area contributed by atoms with E-state index in [9.17, 15) is 4.39 Å². The standard InChI is InChI=1S/C13H18FN3/c14-11-4-1-5-12(13(11)15)17-8-7-16-6-2-3-10(16)9-17/h1,4-5,10H,2-3,6-9,15H2. The molecule has 0 aliphatic carbocycles. The van der Waals surface area contributed by atoms with E-state index in [1.807, 2.05) is 6.07 Å². The molecule has 2 heterocycles. The first kappa shape index (κ1) is 10.8. The van der Waals surface area contributed by atoms with Crippen molar-refractivity contribution in [1.82, 2.24) is 4.90 Å². The Kier molecular flexibility index (Phi) is 2.67. The van der Waals surface area contributed by atoms with Gasteiger partial charge in [0.1, 0.15) is 5.82 Å². The van der Waals surface area contributed by atoms with Gasteiger partial charge in [0.2, 0.25) is 0 Å². The van der Waals surface area contributed by atoms with Crippen LogP contribution in [0, 0.1) is 5.82 Å². The maximum atomic E-state index is 13.4. The van der Waals surface area contributed by atoms with E-state index < -0.39 is 0 Å². The molecule has 0 amide bonds. The number of halogens is 1. The van der Waals surface area contributed by atoms with Crippen LogP contribution in [0.1, 0.15) is 12.8 Å². The monoisotopic (exact) mass is 235 g/mol. The van der Waals surface area contributed by atoms with E-state index in [4.69, 9.17) is 5.73 Å². The van der Waals surface area contributed by atoms with Crippen molar-refractivity contribution in [1.29, 1.82) is 0 Å². The molecular formula is C13H18FN3. The van der Waals surface area contributed by atoms with Crippen molar-refractivity contribution < 1.29 is 4.39 Å². The molecule has 2 aliphatic rings. The number of rotatable bonds is 1. The molecule has 3 rings (SSSR count). The lowest BCUT2D eigenvalue weighted by molar-refractivity contribution is 0.231. The molecule has 4 heteroatoms. The molecule has 0 saturated carbocycles. The average Bonchev–Trinajstić information content (AvgIpc) is 2.79. The zero-order valence-electron chi connectivity index (χ0n) is 9.90. The van der Waals surface area contributed by atoms with E-state index in [2.05, 4.69) is 9.80 Å². The Labute approximate surface area is 101 Å². The van der Waals surface area contributed by atoms with Gasteiger partial charge >= 0.3 is 0 Å². The summed E-state index contributed by atoms with van der Waals surface area (Å²) in [5.74, 6) is -0.309. The second kappa shape index (κ2) is 4.18. The van der Waals surface area contributed by atoms with Crippen LogP contribution in [0.25, 0.3) is 0 Å². The smallest absolute Gasteiger partial charge is 0.148 e. The minimum Gasteiger partial charge on any atom is -0.395 e. The number of benzene rings is 1. The summed E-state index contributed by atoms with van der Waals surface area (Å²) in [5, 5.41) is 0. The minimum atomic E-state index is -0.309. The number of nitrogens with two attached hydrogens (primary N) is 1. The van der Waals surface area contributed by atoms with Crippen LogP contribution in [0.5, 0.6) is 0 Å². The van der Waals surface area contributed by atoms with E-state index in [0.717, 1.165) is 25.3 Å². The maximum Gasteiger partial charge on any atom is 0.148 e. The van der Waals surface area contributed by atoms with E-state index in [0.29, 0.717) is 11.7 Å². The number of fused-ring (bicyclic) bond motifs is 1. The van der Waals surface area contributed by atoms with Crippen LogP contribution in [-0.4, -0.2) is 37.1 Å². The molecule has 92 valence electrons. The molecular weight excluding hydrogens is 217 g/mol. The van der Waals surface area contributed by atoms with Gasteiger partial charge in [-0.1, -0.05) is 6.07 Å². The van der Waals surface area contributed by atoms with Crippen molar-refractivity contribution in [2.24, 2.45) is 0 Å². The van der Waals surface area contributed by atoms with Crippen LogP contribution in [0.15, 0.2) is 18.2 Å². The molecule has 1 aromatic rings. The van der Waals surface area contributed by atoms with Crippen molar-refractivity contribution in [3.8, 4) is 0 Å². The van der Waals surface area contributed by atoms with Crippen LogP contribution in [0.2, 0.25) is 0 Å². The third-order valence-corrected chi connectivity index (χ3v) is 3.96. The van der Waals surface area contributed by atoms with E-state index in [-0.39, 0.29) is 5.82 Å². The lowest BCUT2D eigenvalue weighted by Crippen LogP contribution is -2.50. The first-order chi connectivity index (χ1) is 8.25.